The van der Waals surface area contributed by atoms with Gasteiger partial charge in [-0.05, 0) is 12.8 Å². The Bertz CT molecular complexity index is 290. The van der Waals surface area contributed by atoms with Gasteiger partial charge in [0.05, 0.1) is 13.2 Å². The Morgan fingerprint density at radius 1 is 1.06 bits per heavy atom. The first-order valence-corrected chi connectivity index (χ1v) is 5.77. The maximum absolute atomic E-state index is 12.2. The summed E-state index contributed by atoms with van der Waals surface area (Å²) in [5.41, 5.74) is -1.29. The van der Waals surface area contributed by atoms with Crippen molar-refractivity contribution < 1.29 is 19.4 Å². The summed E-state index contributed by atoms with van der Waals surface area (Å²) in [7, 11) is 0. The van der Waals surface area contributed by atoms with Crippen LogP contribution in [0.25, 0.3) is 0 Å². The lowest BCUT2D eigenvalue weighted by molar-refractivity contribution is -0.191. The quantitative estimate of drug-likeness (QED) is 0.697. The van der Waals surface area contributed by atoms with Crippen molar-refractivity contribution >= 4 is 11.9 Å². The minimum atomic E-state index is -1.29. The van der Waals surface area contributed by atoms with Crippen LogP contribution in [0.3, 0.4) is 0 Å². The van der Waals surface area contributed by atoms with Crippen molar-refractivity contribution in [1.82, 2.24) is 4.90 Å². The Morgan fingerprint density at radius 3 is 2.00 bits per heavy atom. The largest absolute Gasteiger partial charge is 0.480 e. The van der Waals surface area contributed by atoms with E-state index in [-0.39, 0.29) is 19.1 Å². The molecular weight excluding hydrogens is 210 g/mol. The molecule has 2 aliphatic rings. The number of carbonyl (C=O) groups is 2. The van der Waals surface area contributed by atoms with Gasteiger partial charge in [-0.3, -0.25) is 9.59 Å². The SMILES string of the molecule is O=C(O)C1(C(=O)N2CCCCCC2)COC1. The Balaban J connectivity index is 2.07. The molecule has 1 amide bonds. The molecular formula is C11H17NO4. The van der Waals surface area contributed by atoms with Gasteiger partial charge in [0.1, 0.15) is 0 Å². The summed E-state index contributed by atoms with van der Waals surface area (Å²) in [6, 6.07) is 0. The lowest BCUT2D eigenvalue weighted by Gasteiger charge is -2.39. The summed E-state index contributed by atoms with van der Waals surface area (Å²) in [6.07, 6.45) is 4.20. The van der Waals surface area contributed by atoms with Gasteiger partial charge in [-0.25, -0.2) is 0 Å². The summed E-state index contributed by atoms with van der Waals surface area (Å²) < 4.78 is 4.91. The maximum Gasteiger partial charge on any atom is 0.324 e. The van der Waals surface area contributed by atoms with Gasteiger partial charge in [-0.1, -0.05) is 12.8 Å². The van der Waals surface area contributed by atoms with Crippen molar-refractivity contribution in [3.63, 3.8) is 0 Å². The van der Waals surface area contributed by atoms with Crippen LogP contribution in [-0.2, 0) is 14.3 Å². The van der Waals surface area contributed by atoms with Gasteiger partial charge >= 0.3 is 5.97 Å². The van der Waals surface area contributed by atoms with Gasteiger partial charge in [-0.2, -0.15) is 0 Å². The van der Waals surface area contributed by atoms with E-state index >= 15 is 0 Å². The van der Waals surface area contributed by atoms with Crippen LogP contribution < -0.4 is 0 Å². The molecule has 0 bridgehead atoms. The van der Waals surface area contributed by atoms with E-state index in [9.17, 15) is 9.59 Å². The molecule has 0 aromatic rings. The third-order valence-electron chi connectivity index (χ3n) is 3.41. The standard InChI is InChI=1S/C11H17NO4/c13-9(11(10(14)15)7-16-8-11)12-5-3-1-2-4-6-12/h1-8H2,(H,14,15). The topological polar surface area (TPSA) is 66.8 Å². The number of hydrogen-bond donors (Lipinski definition) is 1. The molecule has 0 aromatic heterocycles. The molecule has 2 aliphatic heterocycles. The first kappa shape index (κ1) is 11.4. The molecule has 0 saturated carbocycles. The number of rotatable bonds is 2. The van der Waals surface area contributed by atoms with E-state index in [0.717, 1.165) is 25.7 Å². The zero-order valence-electron chi connectivity index (χ0n) is 9.28. The Kier molecular flexibility index (Phi) is 3.14. The molecule has 16 heavy (non-hydrogen) atoms. The van der Waals surface area contributed by atoms with Crippen LogP contribution in [0, 0.1) is 5.41 Å². The van der Waals surface area contributed by atoms with Crippen LogP contribution in [-0.4, -0.2) is 48.2 Å². The number of carboxylic acids is 1. The van der Waals surface area contributed by atoms with Crippen LogP contribution >= 0.6 is 0 Å². The monoisotopic (exact) mass is 227 g/mol. The van der Waals surface area contributed by atoms with E-state index in [1.54, 1.807) is 4.90 Å². The number of likely N-dealkylation sites (tertiary alicyclic amines) is 1. The van der Waals surface area contributed by atoms with E-state index in [0.29, 0.717) is 13.1 Å². The van der Waals surface area contributed by atoms with E-state index in [2.05, 4.69) is 0 Å². The number of carboxylic acid groups (broad SMARTS) is 1. The molecule has 0 unspecified atom stereocenters. The van der Waals surface area contributed by atoms with Crippen LogP contribution in [0.4, 0.5) is 0 Å². The zero-order valence-corrected chi connectivity index (χ0v) is 9.28. The second-order valence-corrected chi connectivity index (χ2v) is 4.59. The highest BCUT2D eigenvalue weighted by molar-refractivity contribution is 6.03. The van der Waals surface area contributed by atoms with Gasteiger partial charge in [0, 0.05) is 13.1 Å². The average molecular weight is 227 g/mol. The van der Waals surface area contributed by atoms with Crippen molar-refractivity contribution in [3.8, 4) is 0 Å². The summed E-state index contributed by atoms with van der Waals surface area (Å²) in [5, 5.41) is 9.13. The van der Waals surface area contributed by atoms with E-state index in [4.69, 9.17) is 9.84 Å². The summed E-state index contributed by atoms with van der Waals surface area (Å²) in [6.45, 7) is 1.43. The molecule has 5 heteroatoms. The highest BCUT2D eigenvalue weighted by atomic mass is 16.5. The van der Waals surface area contributed by atoms with Gasteiger partial charge in [0.2, 0.25) is 5.91 Å². The third-order valence-corrected chi connectivity index (χ3v) is 3.41. The van der Waals surface area contributed by atoms with E-state index in [1.165, 1.54) is 0 Å². The van der Waals surface area contributed by atoms with Crippen molar-refractivity contribution in [1.29, 1.82) is 0 Å². The number of amides is 1. The number of nitrogens with zero attached hydrogens (tertiary/aromatic N) is 1. The van der Waals surface area contributed by atoms with Crippen molar-refractivity contribution in [3.05, 3.63) is 0 Å². The smallest absolute Gasteiger partial charge is 0.324 e. The van der Waals surface area contributed by atoms with Crippen molar-refractivity contribution in [2.24, 2.45) is 5.41 Å². The third kappa shape index (κ3) is 1.80. The van der Waals surface area contributed by atoms with Crippen molar-refractivity contribution in [2.45, 2.75) is 25.7 Å². The molecule has 0 aliphatic carbocycles. The normalized spacial score (nSPS) is 24.4. The Morgan fingerprint density at radius 2 is 1.62 bits per heavy atom. The van der Waals surface area contributed by atoms with Crippen LogP contribution in [0.2, 0.25) is 0 Å². The Hall–Kier alpha value is -1.10. The van der Waals surface area contributed by atoms with Crippen LogP contribution in [0.5, 0.6) is 0 Å². The van der Waals surface area contributed by atoms with Crippen LogP contribution in [0.15, 0.2) is 0 Å². The average Bonchev–Trinajstić information content (AvgIpc) is 2.42. The van der Waals surface area contributed by atoms with Gasteiger partial charge in [0.15, 0.2) is 5.41 Å². The summed E-state index contributed by atoms with van der Waals surface area (Å²) in [5.74, 6) is -1.30. The minimum absolute atomic E-state index is 0.0255. The molecule has 0 atom stereocenters. The number of carbonyl (C=O) groups excluding carboxylic acids is 1. The number of ether oxygens (including phenoxy) is 1. The predicted octanol–water partition coefficient (Wildman–Crippen LogP) is 0.490. The van der Waals surface area contributed by atoms with Gasteiger partial charge < -0.3 is 14.7 Å². The zero-order chi connectivity index (χ0) is 11.6. The predicted molar refractivity (Wildman–Crippen MR) is 55.9 cm³/mol. The molecule has 2 fully saturated rings. The highest BCUT2D eigenvalue weighted by Gasteiger charge is 2.54. The summed E-state index contributed by atoms with van der Waals surface area (Å²) >= 11 is 0. The molecule has 5 nitrogen and oxygen atoms in total. The molecule has 2 heterocycles. The number of aliphatic carboxylic acids is 1. The molecule has 0 aromatic carbocycles. The fraction of sp³-hybridized carbons (Fsp3) is 0.818. The Labute approximate surface area is 94.4 Å². The molecule has 90 valence electrons. The lowest BCUT2D eigenvalue weighted by atomic mass is 9.84. The first-order chi connectivity index (χ1) is 7.67. The second kappa shape index (κ2) is 4.41. The fourth-order valence-corrected chi connectivity index (χ4v) is 2.22. The lowest BCUT2D eigenvalue weighted by Crippen LogP contribution is -2.60. The highest BCUT2D eigenvalue weighted by Crippen LogP contribution is 2.31. The minimum Gasteiger partial charge on any atom is -0.480 e. The van der Waals surface area contributed by atoms with Gasteiger partial charge in [-0.15, -0.1) is 0 Å². The van der Waals surface area contributed by atoms with Crippen LogP contribution in [0.1, 0.15) is 25.7 Å². The second-order valence-electron chi connectivity index (χ2n) is 4.59. The van der Waals surface area contributed by atoms with Gasteiger partial charge in [0.25, 0.3) is 0 Å². The molecule has 2 saturated heterocycles. The van der Waals surface area contributed by atoms with E-state index < -0.39 is 11.4 Å². The maximum atomic E-state index is 12.2. The number of hydrogen-bond acceptors (Lipinski definition) is 3. The molecule has 0 spiro atoms. The summed E-state index contributed by atoms with van der Waals surface area (Å²) in [4.78, 5) is 25.0. The fourth-order valence-electron chi connectivity index (χ4n) is 2.22. The van der Waals surface area contributed by atoms with Crippen molar-refractivity contribution in [2.75, 3.05) is 26.3 Å². The van der Waals surface area contributed by atoms with E-state index in [1.807, 2.05) is 0 Å². The molecule has 1 N–H and O–H groups in total. The molecule has 2 rings (SSSR count). The first-order valence-electron chi connectivity index (χ1n) is 5.77. The molecule has 0 radical (unpaired) electrons.